The number of ketones is 1. The molecule has 0 aliphatic heterocycles. The molecule has 3 nitrogen and oxygen atoms in total. The third kappa shape index (κ3) is 5.13. The summed E-state index contributed by atoms with van der Waals surface area (Å²) in [7, 11) is 0. The van der Waals surface area contributed by atoms with Gasteiger partial charge in [0, 0.05) is 18.3 Å². The van der Waals surface area contributed by atoms with E-state index in [0.717, 1.165) is 5.56 Å². The van der Waals surface area contributed by atoms with E-state index in [1.54, 1.807) is 6.92 Å². The summed E-state index contributed by atoms with van der Waals surface area (Å²) in [5.41, 5.74) is 1.11. The first kappa shape index (κ1) is 15.9. The molecule has 0 saturated carbocycles. The van der Waals surface area contributed by atoms with Crippen LogP contribution in [-0.2, 0) is 16.1 Å². The van der Waals surface area contributed by atoms with Crippen LogP contribution < -0.4 is 0 Å². The maximum Gasteiger partial charge on any atom is 0.138 e. The zero-order valence-corrected chi connectivity index (χ0v) is 12.0. The van der Waals surface area contributed by atoms with Crippen LogP contribution in [0.4, 0.5) is 0 Å². The molecule has 0 unspecified atom stereocenters. The molecule has 0 bridgehead atoms. The Kier molecular flexibility index (Phi) is 6.74. The lowest BCUT2D eigenvalue weighted by atomic mass is 9.90. The van der Waals surface area contributed by atoms with E-state index in [9.17, 15) is 9.90 Å². The number of hydrogen-bond donors (Lipinski definition) is 1. The second-order valence-corrected chi connectivity index (χ2v) is 5.08. The van der Waals surface area contributed by atoms with Crippen LogP contribution in [0.25, 0.3) is 0 Å². The Morgan fingerprint density at radius 1 is 1.26 bits per heavy atom. The third-order valence-corrected chi connectivity index (χ3v) is 3.44. The van der Waals surface area contributed by atoms with E-state index in [4.69, 9.17) is 4.74 Å². The zero-order chi connectivity index (χ0) is 14.3. The molecule has 0 aliphatic carbocycles. The lowest BCUT2D eigenvalue weighted by molar-refractivity contribution is -0.127. The predicted molar refractivity (Wildman–Crippen MR) is 75.7 cm³/mol. The van der Waals surface area contributed by atoms with Crippen molar-refractivity contribution in [1.29, 1.82) is 0 Å². The number of Topliss-reactive ketones (excluding diaryl/α,β-unsaturated/α-hetero) is 1. The molecule has 106 valence electrons. The van der Waals surface area contributed by atoms with Crippen molar-refractivity contribution < 1.29 is 14.6 Å². The fourth-order valence-electron chi connectivity index (χ4n) is 2.04. The molecule has 3 atom stereocenters. The van der Waals surface area contributed by atoms with E-state index >= 15 is 0 Å². The molecule has 0 amide bonds. The molecule has 0 spiro atoms. The molecular weight excluding hydrogens is 240 g/mol. The van der Waals surface area contributed by atoms with E-state index < -0.39 is 6.10 Å². The van der Waals surface area contributed by atoms with Crippen molar-refractivity contribution in [2.45, 2.75) is 39.9 Å². The van der Waals surface area contributed by atoms with E-state index in [1.807, 2.05) is 44.2 Å². The Bertz CT molecular complexity index is 375. The Balaban J connectivity index is 2.34. The zero-order valence-electron chi connectivity index (χ0n) is 12.0. The van der Waals surface area contributed by atoms with Crippen LogP contribution in [-0.4, -0.2) is 23.6 Å². The molecule has 1 aromatic carbocycles. The summed E-state index contributed by atoms with van der Waals surface area (Å²) < 4.78 is 5.59. The van der Waals surface area contributed by atoms with Gasteiger partial charge in [0.25, 0.3) is 0 Å². The van der Waals surface area contributed by atoms with E-state index in [1.165, 1.54) is 0 Å². The molecule has 1 N–H and O–H groups in total. The minimum absolute atomic E-state index is 0.0470. The highest BCUT2D eigenvalue weighted by atomic mass is 16.5. The van der Waals surface area contributed by atoms with E-state index in [-0.39, 0.29) is 17.6 Å². The van der Waals surface area contributed by atoms with Gasteiger partial charge in [-0.25, -0.2) is 0 Å². The minimum atomic E-state index is -0.636. The Morgan fingerprint density at radius 3 is 2.47 bits per heavy atom. The number of rotatable bonds is 8. The smallest absolute Gasteiger partial charge is 0.138 e. The Labute approximate surface area is 115 Å². The van der Waals surface area contributed by atoms with Gasteiger partial charge >= 0.3 is 0 Å². The summed E-state index contributed by atoms with van der Waals surface area (Å²) in [6, 6.07) is 9.92. The lowest BCUT2D eigenvalue weighted by Gasteiger charge is -2.23. The van der Waals surface area contributed by atoms with Crippen molar-refractivity contribution in [2.24, 2.45) is 11.8 Å². The molecule has 1 rings (SSSR count). The maximum atomic E-state index is 11.6. The summed E-state index contributed by atoms with van der Waals surface area (Å²) in [4.78, 5) is 11.6. The first-order valence-corrected chi connectivity index (χ1v) is 6.88. The van der Waals surface area contributed by atoms with Crippen LogP contribution >= 0.6 is 0 Å². The van der Waals surface area contributed by atoms with Crippen molar-refractivity contribution >= 4 is 5.78 Å². The van der Waals surface area contributed by atoms with Crippen molar-refractivity contribution in [1.82, 2.24) is 0 Å². The summed E-state index contributed by atoms with van der Waals surface area (Å²) in [6.45, 7) is 6.51. The van der Waals surface area contributed by atoms with Gasteiger partial charge in [-0.3, -0.25) is 4.79 Å². The van der Waals surface area contributed by atoms with E-state index in [2.05, 4.69) is 0 Å². The summed E-state index contributed by atoms with van der Waals surface area (Å²) in [5, 5.41) is 10.1. The fraction of sp³-hybridized carbons (Fsp3) is 0.562. The van der Waals surface area contributed by atoms with Gasteiger partial charge in [-0.15, -0.1) is 0 Å². The Hall–Kier alpha value is -1.19. The van der Waals surface area contributed by atoms with Crippen molar-refractivity contribution in [3.05, 3.63) is 35.9 Å². The number of carbonyl (C=O) groups excluding carboxylic acids is 1. The highest BCUT2D eigenvalue weighted by Crippen LogP contribution is 2.16. The summed E-state index contributed by atoms with van der Waals surface area (Å²) in [6.07, 6.45) is -0.168. The first-order valence-electron chi connectivity index (χ1n) is 6.88. The fourth-order valence-corrected chi connectivity index (χ4v) is 2.04. The molecular formula is C16H24O3. The molecule has 3 heteroatoms. The number of carbonyl (C=O) groups is 1. The average molecular weight is 264 g/mol. The van der Waals surface area contributed by atoms with Crippen molar-refractivity contribution in [3.63, 3.8) is 0 Å². The molecule has 19 heavy (non-hydrogen) atoms. The van der Waals surface area contributed by atoms with Gasteiger partial charge < -0.3 is 9.84 Å². The third-order valence-electron chi connectivity index (χ3n) is 3.44. The van der Waals surface area contributed by atoms with Gasteiger partial charge in [-0.2, -0.15) is 0 Å². The van der Waals surface area contributed by atoms with Crippen LogP contribution in [0.5, 0.6) is 0 Å². The van der Waals surface area contributed by atoms with Gasteiger partial charge in [-0.05, 0) is 5.56 Å². The molecule has 0 aliphatic rings. The Morgan fingerprint density at radius 2 is 1.89 bits per heavy atom. The first-order chi connectivity index (χ1) is 9.06. The molecule has 0 saturated heterocycles. The standard InChI is InChI=1S/C16H24O3/c1-4-15(17)13(3)16(18)12(2)10-19-11-14-8-6-5-7-9-14/h5-9,12-13,16,18H,4,10-11H2,1-3H3/t12-,13+,16-/m1/s1. The SMILES string of the molecule is CCC(=O)[C@H](C)[C@H](O)[C@H](C)COCc1ccccc1. The predicted octanol–water partition coefficient (Wildman–Crippen LogP) is 2.82. The monoisotopic (exact) mass is 264 g/mol. The number of aliphatic hydroxyl groups is 1. The second-order valence-electron chi connectivity index (χ2n) is 5.08. The quantitative estimate of drug-likeness (QED) is 0.785. The molecule has 0 aromatic heterocycles. The highest BCUT2D eigenvalue weighted by molar-refractivity contribution is 5.80. The number of hydrogen-bond acceptors (Lipinski definition) is 3. The molecule has 0 heterocycles. The maximum absolute atomic E-state index is 11.6. The summed E-state index contributed by atoms with van der Waals surface area (Å²) in [5.74, 6) is -0.267. The largest absolute Gasteiger partial charge is 0.392 e. The normalized spacial score (nSPS) is 15.8. The van der Waals surface area contributed by atoms with Crippen LogP contribution in [0.15, 0.2) is 30.3 Å². The van der Waals surface area contributed by atoms with E-state index in [0.29, 0.717) is 19.6 Å². The van der Waals surface area contributed by atoms with Crippen LogP contribution in [0.3, 0.4) is 0 Å². The lowest BCUT2D eigenvalue weighted by Crippen LogP contribution is -2.33. The number of aliphatic hydroxyl groups excluding tert-OH is 1. The van der Waals surface area contributed by atoms with Crippen molar-refractivity contribution in [3.8, 4) is 0 Å². The minimum Gasteiger partial charge on any atom is -0.392 e. The number of benzene rings is 1. The van der Waals surface area contributed by atoms with Crippen LogP contribution in [0.1, 0.15) is 32.8 Å². The number of ether oxygens (including phenoxy) is 1. The van der Waals surface area contributed by atoms with Gasteiger partial charge in [0.05, 0.1) is 19.3 Å². The second kappa shape index (κ2) is 8.08. The molecule has 0 radical (unpaired) electrons. The van der Waals surface area contributed by atoms with Crippen LogP contribution in [0, 0.1) is 11.8 Å². The van der Waals surface area contributed by atoms with Gasteiger partial charge in [0.15, 0.2) is 0 Å². The topological polar surface area (TPSA) is 46.5 Å². The summed E-state index contributed by atoms with van der Waals surface area (Å²) >= 11 is 0. The average Bonchev–Trinajstić information content (AvgIpc) is 2.45. The highest BCUT2D eigenvalue weighted by Gasteiger charge is 2.25. The van der Waals surface area contributed by atoms with Gasteiger partial charge in [0.2, 0.25) is 0 Å². The van der Waals surface area contributed by atoms with Crippen molar-refractivity contribution in [2.75, 3.05) is 6.61 Å². The molecule has 0 fully saturated rings. The van der Waals surface area contributed by atoms with Gasteiger partial charge in [0.1, 0.15) is 5.78 Å². The molecule has 1 aromatic rings. The van der Waals surface area contributed by atoms with Gasteiger partial charge in [-0.1, -0.05) is 51.1 Å². The van der Waals surface area contributed by atoms with Crippen LogP contribution in [0.2, 0.25) is 0 Å².